The summed E-state index contributed by atoms with van der Waals surface area (Å²) in [4.78, 5) is 18.6. The number of methoxy groups -OCH3 is 5. The summed E-state index contributed by atoms with van der Waals surface area (Å²) < 4.78 is 63.1. The summed E-state index contributed by atoms with van der Waals surface area (Å²) >= 11 is 0. The van der Waals surface area contributed by atoms with E-state index in [1.807, 2.05) is 153 Å². The lowest BCUT2D eigenvalue weighted by Gasteiger charge is -2.37. The number of nitriles is 3. The number of hydrogen-bond acceptors (Lipinski definition) is 25. The Labute approximate surface area is 726 Å². The largest absolute Gasteiger partial charge is 0.496 e. The van der Waals surface area contributed by atoms with Crippen molar-refractivity contribution in [3.05, 3.63) is 148 Å². The molecule has 29 heteroatoms. The van der Waals surface area contributed by atoms with Gasteiger partial charge in [0, 0.05) is 82.1 Å². The van der Waals surface area contributed by atoms with Gasteiger partial charge in [0.05, 0.1) is 60.2 Å². The molecule has 1 atom stereocenters. The Morgan fingerprint density at radius 1 is 0.545 bits per heavy atom. The second-order valence-electron chi connectivity index (χ2n) is 34.3. The number of benzene rings is 5. The quantitative estimate of drug-likeness (QED) is 0.00473. The van der Waals surface area contributed by atoms with Gasteiger partial charge in [-0.05, 0) is 204 Å². The van der Waals surface area contributed by atoms with Crippen LogP contribution < -0.4 is 70.5 Å². The van der Waals surface area contributed by atoms with Crippen molar-refractivity contribution < 1.29 is 61.7 Å². The minimum absolute atomic E-state index is 0.00831. The van der Waals surface area contributed by atoms with E-state index in [1.165, 1.54) is 6.20 Å². The Morgan fingerprint density at radius 3 is 1.31 bits per heavy atom. The van der Waals surface area contributed by atoms with Gasteiger partial charge in [-0.15, -0.1) is 0 Å². The first-order chi connectivity index (χ1) is 56.6. The van der Waals surface area contributed by atoms with Crippen LogP contribution in [0.15, 0.2) is 114 Å². The zero-order chi connectivity index (χ0) is 92.0. The lowest BCUT2D eigenvalue weighted by molar-refractivity contribution is 0.0401. The predicted octanol–water partition coefficient (Wildman–Crippen LogP) is 18.3. The first kappa shape index (κ1) is 107. The van der Waals surface area contributed by atoms with Crippen molar-refractivity contribution >= 4 is 40.0 Å². The Balaban J connectivity index is 0.000000515. The number of likely N-dealkylation sites (N-methyl/N-ethyl adjacent to an activating group) is 2. The van der Waals surface area contributed by atoms with E-state index in [0.29, 0.717) is 84.1 Å². The van der Waals surface area contributed by atoms with Crippen LogP contribution in [0.2, 0.25) is 36.3 Å². The number of allylic oxidation sites excluding steroid dienone is 2. The van der Waals surface area contributed by atoms with Gasteiger partial charge < -0.3 is 94.4 Å². The number of aliphatic imine (C=N–C) groups is 1. The van der Waals surface area contributed by atoms with Crippen LogP contribution in [-0.4, -0.2) is 186 Å². The molecule has 6 rings (SSSR count). The van der Waals surface area contributed by atoms with E-state index in [9.17, 15) is 10.5 Å². The first-order valence-corrected chi connectivity index (χ1v) is 46.8. The third-order valence-corrected chi connectivity index (χ3v) is 29.6. The fourth-order valence-electron chi connectivity index (χ4n) is 11.6. The second-order valence-corrected chi connectivity index (χ2v) is 43.9. The van der Waals surface area contributed by atoms with Crippen molar-refractivity contribution in [2.75, 3.05) is 121 Å². The number of nitrogen functional groups attached to an aromatic ring is 1. The van der Waals surface area contributed by atoms with Crippen molar-refractivity contribution in [2.45, 2.75) is 228 Å². The number of nitrogens with two attached hydrogens (primary N) is 3. The lowest BCUT2D eigenvalue weighted by Crippen LogP contribution is -2.50. The van der Waals surface area contributed by atoms with Crippen LogP contribution >= 0.6 is 0 Å². The fourth-order valence-corrected chi connectivity index (χ4v) is 13.8. The average molecular weight is 1710 g/mol. The molecule has 1 aromatic heterocycles. The number of aliphatic hydroxyl groups excluding tert-OH is 2. The minimum atomic E-state index is -1.73. The first-order valence-electron chi connectivity index (χ1n) is 41.0. The summed E-state index contributed by atoms with van der Waals surface area (Å²) in [6.07, 6.45) is 6.52. The van der Waals surface area contributed by atoms with E-state index in [2.05, 4.69) is 159 Å². The Hall–Kier alpha value is -10.0. The number of ether oxygens (including phenoxy) is 9. The van der Waals surface area contributed by atoms with Gasteiger partial charge in [-0.2, -0.15) is 20.8 Å². The summed E-state index contributed by atoms with van der Waals surface area (Å²) in [7, 11) is 16.0. The zero-order valence-electron chi connectivity index (χ0n) is 78.7. The molecule has 0 radical (unpaired) electrons. The highest BCUT2D eigenvalue weighted by atomic mass is 28.4. The molecule has 0 saturated carbocycles. The SMILES string of the molecule is CC(C)(C)[Si](C)(C)OCCC(CCO[Si](C)(C)C(C)(C)C)N=C(N)N.COc1cc(O/C(C#N)=C/N(C)C)c(C(C)C)cc1C.COc1cc(O/C(C#N)=C/Nc2ccccc2)c(C(C)C)cc1C.COc1cc(OC(C#N)C(N(C)C)N(C)C)c(C(C)C)cc1C.COc1cc(Oc2cnc(NC(CCO)CCO)nc2N)c(C(C)C)cc1OC. The molecule has 0 amide bonds. The monoisotopic (exact) mass is 1710 g/mol. The van der Waals surface area contributed by atoms with E-state index in [0.717, 1.165) is 74.7 Å². The molecule has 0 fully saturated rings. The normalized spacial score (nSPS) is 12.0. The Bertz CT molecular complexity index is 4320. The standard InChI is InChI=1S/C20H30N4O5.C20H22N2O2.C18H43N3O2Si2.C18H29N3O2.C16H22N2O2/c1-12(2)14-9-16(27-3)17(28-4)10-15(14)29-18-11-22-20(24-19(18)21)23-13(5-7-25)6-8-26;1-14(2)18-10-15(3)19(23-4)11-20(18)24-17(12-21)13-22-16-8-6-5-7-9-16;1-17(2,3)24(7,8)22-13-11-15(21-16(19)20)12-14-23-25(9,10)18(4,5)6;1-12(2)14-9-13(3)15(22-8)10-16(14)23-17(11-19)18(20(4)5)21(6)7;1-11(2)14-7-12(3)15(19-6)8-16(14)20-13(9-17)10-18(4)5/h9-13,25-26H,5-8H2,1-4H3,(H3,21,22,23,24);5-11,13-14,22H,1-4H3;15H,11-14H2,1-10H3,(H4,19,20,21);9-10,12,17-18H,1-8H3;7-8,10-11H,1-6H3/b;17-13+;;;13-10+. The van der Waals surface area contributed by atoms with Crippen molar-refractivity contribution in [1.82, 2.24) is 24.7 Å². The number of rotatable bonds is 38. The average Bonchev–Trinajstić information content (AvgIpc) is 0.802. The molecule has 1 unspecified atom stereocenters. The van der Waals surface area contributed by atoms with Crippen LogP contribution in [-0.2, 0) is 8.85 Å². The van der Waals surface area contributed by atoms with Crippen molar-refractivity contribution in [1.29, 1.82) is 15.8 Å². The molecule has 1 heterocycles. The van der Waals surface area contributed by atoms with Gasteiger partial charge >= 0.3 is 0 Å². The number of aryl methyl sites for hydroxylation is 3. The maximum Gasteiger partial charge on any atom is 0.225 e. The van der Waals surface area contributed by atoms with Crippen molar-refractivity contribution in [2.24, 2.45) is 16.5 Å². The van der Waals surface area contributed by atoms with E-state index in [1.54, 1.807) is 58.9 Å². The molecule has 5 aromatic carbocycles. The molecule has 0 aliphatic heterocycles. The number of para-hydroxylation sites is 1. The van der Waals surface area contributed by atoms with Gasteiger partial charge in [0.15, 0.2) is 45.7 Å². The van der Waals surface area contributed by atoms with Gasteiger partial charge in [0.2, 0.25) is 23.6 Å². The second kappa shape index (κ2) is 51.7. The molecule has 0 aliphatic carbocycles. The van der Waals surface area contributed by atoms with E-state index in [-0.39, 0.29) is 76.7 Å². The van der Waals surface area contributed by atoms with E-state index in [4.69, 9.17) is 84.2 Å². The summed E-state index contributed by atoms with van der Waals surface area (Å²) in [6.45, 7) is 46.6. The third kappa shape index (κ3) is 35.5. The number of nitrogens with one attached hydrogen (secondary N) is 2. The van der Waals surface area contributed by atoms with Gasteiger partial charge in [-0.1, -0.05) is 115 Å². The fraction of sp³-hybridized carbons (Fsp3) is 0.543. The Morgan fingerprint density at radius 2 is 0.942 bits per heavy atom. The highest BCUT2D eigenvalue weighted by molar-refractivity contribution is 6.74. The van der Waals surface area contributed by atoms with Crippen LogP contribution in [0, 0.1) is 54.8 Å². The zero-order valence-corrected chi connectivity index (χ0v) is 80.7. The smallest absolute Gasteiger partial charge is 0.225 e. The summed E-state index contributed by atoms with van der Waals surface area (Å²) in [5, 5.41) is 52.9. The molecule has 121 heavy (non-hydrogen) atoms. The predicted molar refractivity (Wildman–Crippen MR) is 495 cm³/mol. The molecular weight excluding hydrogens is 1570 g/mol. The maximum absolute atomic E-state index is 9.61. The van der Waals surface area contributed by atoms with Crippen LogP contribution in [0.4, 0.5) is 17.5 Å². The molecule has 6 aromatic rings. The molecule has 670 valence electrons. The number of hydrogen-bond donors (Lipinski definition) is 7. The highest BCUT2D eigenvalue weighted by Crippen LogP contribution is 2.43. The third-order valence-electron chi connectivity index (χ3n) is 20.5. The van der Waals surface area contributed by atoms with Gasteiger partial charge in [-0.25, -0.2) is 4.98 Å². The molecule has 0 spiro atoms. The van der Waals surface area contributed by atoms with Gasteiger partial charge in [0.1, 0.15) is 64.6 Å². The summed E-state index contributed by atoms with van der Waals surface area (Å²) in [5.41, 5.74) is 25.4. The van der Waals surface area contributed by atoms with Crippen molar-refractivity contribution in [3.8, 4) is 75.7 Å². The van der Waals surface area contributed by atoms with Gasteiger partial charge in [0.25, 0.3) is 0 Å². The molecule has 10 N–H and O–H groups in total. The maximum atomic E-state index is 9.61. The van der Waals surface area contributed by atoms with Crippen LogP contribution in [0.5, 0.6) is 57.5 Å². The number of nitrogens with zero attached hydrogens (tertiary/aromatic N) is 9. The molecule has 0 bridgehead atoms. The van der Waals surface area contributed by atoms with Crippen LogP contribution in [0.25, 0.3) is 0 Å². The molecule has 0 saturated heterocycles. The van der Waals surface area contributed by atoms with Gasteiger partial charge in [-0.3, -0.25) is 14.8 Å². The topological polar surface area (TPSA) is 363 Å². The number of anilines is 3. The molecule has 27 nitrogen and oxygen atoms in total. The van der Waals surface area contributed by atoms with E-state index < -0.39 is 22.7 Å². The summed E-state index contributed by atoms with van der Waals surface area (Å²) in [6, 6.07) is 31.3. The molecule has 0 aliphatic rings. The Kier molecular flexibility index (Phi) is 45.7. The highest BCUT2D eigenvalue weighted by Gasteiger charge is 2.39. The van der Waals surface area contributed by atoms with Crippen molar-refractivity contribution in [3.63, 3.8) is 0 Å². The van der Waals surface area contributed by atoms with Crippen LogP contribution in [0.1, 0.15) is 185 Å². The minimum Gasteiger partial charge on any atom is -0.496 e. The number of guanidine groups is 1. The summed E-state index contributed by atoms with van der Waals surface area (Å²) in [5.74, 6) is 8.41. The van der Waals surface area contributed by atoms with E-state index >= 15 is 0 Å². The lowest BCUT2D eigenvalue weighted by atomic mass is 9.99. The number of aromatic nitrogens is 2. The van der Waals surface area contributed by atoms with Crippen LogP contribution in [0.3, 0.4) is 0 Å². The number of aliphatic hydroxyl groups is 2. The molecular formula is C92H146N14O13Si2.